The molecule has 0 unspecified atom stereocenters. The van der Waals surface area contributed by atoms with Gasteiger partial charge in [-0.2, -0.15) is 0 Å². The van der Waals surface area contributed by atoms with Crippen LogP contribution in [0.15, 0.2) is 47.4 Å². The first kappa shape index (κ1) is 19.8. The van der Waals surface area contributed by atoms with Gasteiger partial charge in [-0.1, -0.05) is 0 Å². The van der Waals surface area contributed by atoms with Crippen molar-refractivity contribution in [2.24, 2.45) is 5.92 Å². The molecule has 1 amide bonds. The van der Waals surface area contributed by atoms with E-state index in [1.165, 1.54) is 6.07 Å². The molecule has 162 valence electrons. The van der Waals surface area contributed by atoms with E-state index in [4.69, 9.17) is 5.21 Å². The summed E-state index contributed by atoms with van der Waals surface area (Å²) in [6.45, 7) is 5.79. The summed E-state index contributed by atoms with van der Waals surface area (Å²) in [7, 11) is 0. The van der Waals surface area contributed by atoms with E-state index >= 15 is 0 Å². The number of carbonyl (C=O) groups is 1. The first-order valence-electron chi connectivity index (χ1n) is 10.6. The Morgan fingerprint density at radius 1 is 1.16 bits per heavy atom. The molecule has 3 aromatic rings. The van der Waals surface area contributed by atoms with E-state index in [0.717, 1.165) is 23.0 Å². The molecule has 1 fully saturated rings. The molecule has 0 saturated carbocycles. The zero-order valence-electron chi connectivity index (χ0n) is 17.6. The molecular formula is C23H25N4O4-. The van der Waals surface area contributed by atoms with E-state index in [9.17, 15) is 14.8 Å². The molecular weight excluding hydrogens is 396 g/mol. The maximum absolute atomic E-state index is 13.3. The Morgan fingerprint density at radius 2 is 1.97 bits per heavy atom. The lowest BCUT2D eigenvalue weighted by Crippen LogP contribution is -2.49. The van der Waals surface area contributed by atoms with Crippen LogP contribution in [0.25, 0.3) is 10.9 Å². The first-order valence-corrected chi connectivity index (χ1v) is 10.6. The van der Waals surface area contributed by atoms with Crippen LogP contribution in [0.3, 0.4) is 0 Å². The van der Waals surface area contributed by atoms with Crippen molar-refractivity contribution in [3.8, 4) is 0 Å². The van der Waals surface area contributed by atoms with Crippen molar-refractivity contribution in [2.45, 2.75) is 38.8 Å². The SMILES string of the molecule is CC(C)n1ccc2cc(C(=O)N3C[C@@H]4C[C@@H](C3)c3ccc(N([O-])O)c(=O)n3C4)ccc21. The number of rotatable bonds is 3. The van der Waals surface area contributed by atoms with Crippen LogP contribution in [0, 0.1) is 11.1 Å². The van der Waals surface area contributed by atoms with Gasteiger partial charge in [0.15, 0.2) is 0 Å². The number of carbonyl (C=O) groups excluding carboxylic acids is 1. The van der Waals surface area contributed by atoms with Gasteiger partial charge in [0.2, 0.25) is 0 Å². The Hall–Kier alpha value is -3.10. The molecule has 8 nitrogen and oxygen atoms in total. The summed E-state index contributed by atoms with van der Waals surface area (Å²) in [5.41, 5.74) is 1.84. The summed E-state index contributed by atoms with van der Waals surface area (Å²) in [5, 5.41) is 21.1. The molecule has 0 spiro atoms. The number of piperidine rings is 1. The number of benzene rings is 1. The van der Waals surface area contributed by atoms with Gasteiger partial charge in [-0.15, -0.1) is 0 Å². The zero-order chi connectivity index (χ0) is 21.9. The summed E-state index contributed by atoms with van der Waals surface area (Å²) < 4.78 is 3.77. The highest BCUT2D eigenvalue weighted by Crippen LogP contribution is 2.36. The second-order valence-electron chi connectivity index (χ2n) is 8.93. The minimum absolute atomic E-state index is 0.00223. The number of amides is 1. The molecule has 1 aromatic carbocycles. The van der Waals surface area contributed by atoms with Crippen molar-refractivity contribution in [2.75, 3.05) is 18.3 Å². The maximum Gasteiger partial charge on any atom is 0.275 e. The van der Waals surface area contributed by atoms with Gasteiger partial charge in [0.1, 0.15) is 5.69 Å². The van der Waals surface area contributed by atoms with Crippen LogP contribution in [0.4, 0.5) is 5.69 Å². The Balaban J connectivity index is 1.43. The van der Waals surface area contributed by atoms with Gasteiger partial charge in [0.25, 0.3) is 11.5 Å². The lowest BCUT2D eigenvalue weighted by atomic mass is 9.83. The summed E-state index contributed by atoms with van der Waals surface area (Å²) in [4.78, 5) is 27.8. The molecule has 31 heavy (non-hydrogen) atoms. The molecule has 0 aliphatic carbocycles. The van der Waals surface area contributed by atoms with E-state index in [1.807, 2.05) is 35.4 Å². The second kappa shape index (κ2) is 7.25. The van der Waals surface area contributed by atoms with Crippen molar-refractivity contribution in [3.63, 3.8) is 0 Å². The van der Waals surface area contributed by atoms with E-state index in [2.05, 4.69) is 18.4 Å². The predicted octanol–water partition coefficient (Wildman–Crippen LogP) is 3.34. The van der Waals surface area contributed by atoms with Gasteiger partial charge in [-0.3, -0.25) is 14.8 Å². The van der Waals surface area contributed by atoms with Crippen molar-refractivity contribution in [1.82, 2.24) is 14.0 Å². The molecule has 2 bridgehead atoms. The fourth-order valence-electron chi connectivity index (χ4n) is 5.18. The van der Waals surface area contributed by atoms with Gasteiger partial charge >= 0.3 is 0 Å². The Morgan fingerprint density at radius 3 is 2.71 bits per heavy atom. The van der Waals surface area contributed by atoms with Crippen molar-refractivity contribution >= 4 is 22.5 Å². The standard InChI is InChI=1S/C23H25N4O4/c1-14(2)25-8-7-16-10-17(3-4-19(16)25)22(28)24-11-15-9-18(13-24)20-5-6-21(27(30)31)23(29)26(20)12-15/h3-8,10,14-15,18,30H,9,11-13H2,1-2H3/q-1/t15-,18-/m0/s1. The number of anilines is 1. The third-order valence-corrected chi connectivity index (χ3v) is 6.60. The minimum atomic E-state index is -0.482. The number of aromatic nitrogens is 2. The summed E-state index contributed by atoms with van der Waals surface area (Å²) in [5.74, 6) is 0.165. The molecule has 4 heterocycles. The fourth-order valence-corrected chi connectivity index (χ4v) is 5.18. The number of likely N-dealkylation sites (tertiary alicyclic amines) is 1. The summed E-state index contributed by atoms with van der Waals surface area (Å²) in [6.07, 6.45) is 2.95. The van der Waals surface area contributed by atoms with Crippen LogP contribution in [-0.2, 0) is 6.54 Å². The van der Waals surface area contributed by atoms with Crippen molar-refractivity contribution in [3.05, 3.63) is 69.4 Å². The minimum Gasteiger partial charge on any atom is -0.733 e. The summed E-state index contributed by atoms with van der Waals surface area (Å²) >= 11 is 0. The smallest absolute Gasteiger partial charge is 0.275 e. The predicted molar refractivity (Wildman–Crippen MR) is 117 cm³/mol. The third-order valence-electron chi connectivity index (χ3n) is 6.60. The fraction of sp³-hybridized carbons (Fsp3) is 0.391. The third kappa shape index (κ3) is 3.23. The number of nitrogens with zero attached hydrogens (tertiary/aromatic N) is 4. The van der Waals surface area contributed by atoms with Crippen molar-refractivity contribution < 1.29 is 10.0 Å². The molecule has 1 N–H and O–H groups in total. The molecule has 2 atom stereocenters. The van der Waals surface area contributed by atoms with E-state index in [1.54, 1.807) is 10.6 Å². The van der Waals surface area contributed by atoms with Gasteiger partial charge < -0.3 is 24.5 Å². The second-order valence-corrected chi connectivity index (χ2v) is 8.93. The Kier molecular flexibility index (Phi) is 4.64. The number of pyridine rings is 1. The average molecular weight is 421 g/mol. The van der Waals surface area contributed by atoms with Gasteiger partial charge in [0, 0.05) is 60.0 Å². The highest BCUT2D eigenvalue weighted by molar-refractivity contribution is 5.98. The molecule has 2 aromatic heterocycles. The average Bonchev–Trinajstić information content (AvgIpc) is 3.17. The van der Waals surface area contributed by atoms with Crippen molar-refractivity contribution in [1.29, 1.82) is 0 Å². The van der Waals surface area contributed by atoms with E-state index in [0.29, 0.717) is 31.2 Å². The Labute approximate surface area is 179 Å². The first-order chi connectivity index (χ1) is 14.8. The topological polar surface area (TPSA) is 93.8 Å². The quantitative estimate of drug-likeness (QED) is 0.655. The van der Waals surface area contributed by atoms with Crippen LogP contribution >= 0.6 is 0 Å². The Bertz CT molecular complexity index is 1230. The number of fused-ring (bicyclic) bond motifs is 5. The largest absolute Gasteiger partial charge is 0.733 e. The van der Waals surface area contributed by atoms with E-state index < -0.39 is 5.56 Å². The molecule has 5 rings (SSSR count). The highest BCUT2D eigenvalue weighted by atomic mass is 16.8. The van der Waals surface area contributed by atoms with Gasteiger partial charge in [-0.25, -0.2) is 0 Å². The van der Waals surface area contributed by atoms with Crippen LogP contribution in [0.5, 0.6) is 0 Å². The molecule has 1 saturated heterocycles. The van der Waals surface area contributed by atoms with Crippen LogP contribution < -0.4 is 10.8 Å². The monoisotopic (exact) mass is 421 g/mol. The van der Waals surface area contributed by atoms with Gasteiger partial charge in [0.05, 0.1) is 0 Å². The molecule has 0 radical (unpaired) electrons. The number of hydrogen-bond donors (Lipinski definition) is 1. The molecule has 2 aliphatic rings. The van der Waals surface area contributed by atoms with E-state index in [-0.39, 0.29) is 28.7 Å². The molecule has 8 heteroatoms. The molecule has 2 aliphatic heterocycles. The van der Waals surface area contributed by atoms with Crippen LogP contribution in [0.1, 0.15) is 48.3 Å². The number of hydrogen-bond acceptors (Lipinski definition) is 5. The van der Waals surface area contributed by atoms with Gasteiger partial charge in [-0.05, 0) is 62.6 Å². The highest BCUT2D eigenvalue weighted by Gasteiger charge is 2.37. The van der Waals surface area contributed by atoms with Crippen LogP contribution in [-0.4, -0.2) is 38.2 Å². The zero-order valence-corrected chi connectivity index (χ0v) is 17.6. The summed E-state index contributed by atoms with van der Waals surface area (Å²) in [6, 6.07) is 11.3. The normalized spacial score (nSPS) is 20.2. The van der Waals surface area contributed by atoms with Crippen LogP contribution in [0.2, 0.25) is 0 Å². The maximum atomic E-state index is 13.3. The lowest BCUT2D eigenvalue weighted by Gasteiger charge is -2.43. The lowest BCUT2D eigenvalue weighted by molar-refractivity contribution is 0.0594.